The zero-order valence-corrected chi connectivity index (χ0v) is 57.6. The number of nitrogens with zero attached hydrogens (tertiary/aromatic N) is 5. The number of nitrogens with two attached hydrogens (primary N) is 1. The van der Waals surface area contributed by atoms with E-state index in [4.69, 9.17) is 58.9 Å². The molecule has 528 valence electrons. The molecular formula is C68H88ClN7O19S2. The smallest absolute Gasteiger partial charge is 0.497 e. The lowest BCUT2D eigenvalue weighted by Gasteiger charge is -2.35. The molecule has 4 heterocycles. The fraction of sp³-hybridized carbons (Fsp3) is 0.500. The van der Waals surface area contributed by atoms with E-state index in [1.807, 2.05) is 88.4 Å². The summed E-state index contributed by atoms with van der Waals surface area (Å²) in [5, 5.41) is 53.8. The number of hydrogen-bond acceptors (Lipinski definition) is 22. The molecule has 4 saturated heterocycles. The molecule has 5 aromatic rings. The number of rotatable bonds is 29. The van der Waals surface area contributed by atoms with Crippen LogP contribution in [-0.2, 0) is 61.3 Å². The predicted octanol–water partition coefficient (Wildman–Crippen LogP) is 8.72. The maximum Gasteiger partial charge on any atom is 0.514 e. The first-order valence-electron chi connectivity index (χ1n) is 31.5. The number of nitro benzene ring substituents is 1. The Morgan fingerprint density at radius 1 is 0.649 bits per heavy atom. The molecule has 0 spiro atoms. The molecule has 26 nitrogen and oxygen atoms in total. The Bertz CT molecular complexity index is 3610. The van der Waals surface area contributed by atoms with E-state index in [0.717, 1.165) is 24.0 Å². The Kier molecular flexibility index (Phi) is 29.8. The van der Waals surface area contributed by atoms with Gasteiger partial charge in [-0.05, 0) is 121 Å². The van der Waals surface area contributed by atoms with Crippen LogP contribution in [0.1, 0.15) is 77.3 Å². The summed E-state index contributed by atoms with van der Waals surface area (Å²) in [6, 6.07) is 38.9. The maximum atomic E-state index is 13.9. The number of fused-ring (bicyclic) bond motifs is 2. The topological polar surface area (TPSA) is 361 Å². The standard InChI is InChI=1S/C31H41N3O8S.C24H33N3O4S.C13H13NO7.ClH/c1-31(2,15-7-16-32)21-34(43(37,38)24-12-10-23(39-3)11-13-24)19-27(35)26(18-22-8-5-4-6-9-22)33-30(36)42-28-20-41-29-25(28)14-17-40-29;1-24(2,14-7-15-25)18-27(32(29,30)21-12-10-20(31-3)11-13-21)17-23(28)22(26)16-19-8-5-4-6-9-19;15-13(20-9-3-1-8(2-4-9)14(16)17)21-11-7-19-12-10(11)5-6-18-12;/h4-6,8-13,25-29,35H,7,14-15,17-21H2,1-3H3,(H,33,36);4-6,8-13,22-23,28H,7,14,16-18,26H2,1-3H3;1-4,10-12H,5-7H2;1H/t25-,26+,27-,28-,29+;22-,23+;10-,11-,12+;/m101./s1. The second kappa shape index (κ2) is 36.9. The van der Waals surface area contributed by atoms with Crippen LogP contribution in [0.4, 0.5) is 15.3 Å². The van der Waals surface area contributed by atoms with E-state index in [0.29, 0.717) is 50.4 Å². The van der Waals surface area contributed by atoms with Gasteiger partial charge in [-0.2, -0.15) is 19.1 Å². The zero-order chi connectivity index (χ0) is 69.6. The van der Waals surface area contributed by atoms with Crippen LogP contribution < -0.4 is 25.3 Å². The predicted molar refractivity (Wildman–Crippen MR) is 357 cm³/mol. The van der Waals surface area contributed by atoms with Crippen molar-refractivity contribution in [3.63, 3.8) is 0 Å². The van der Waals surface area contributed by atoms with Crippen molar-refractivity contribution in [3.05, 3.63) is 155 Å². The van der Waals surface area contributed by atoms with Crippen molar-refractivity contribution in [2.75, 3.05) is 66.8 Å². The molecule has 4 aliphatic heterocycles. The molecule has 9 rings (SSSR count). The number of nitriles is 2. The molecule has 0 aliphatic carbocycles. The Balaban J connectivity index is 0.000000242. The number of nitrogens with one attached hydrogen (secondary N) is 1. The highest BCUT2D eigenvalue weighted by molar-refractivity contribution is 7.89. The van der Waals surface area contributed by atoms with Crippen LogP contribution in [0.2, 0.25) is 0 Å². The summed E-state index contributed by atoms with van der Waals surface area (Å²) in [6.07, 6.45) is -1.75. The average molecular weight is 1410 g/mol. The summed E-state index contributed by atoms with van der Waals surface area (Å²) in [4.78, 5) is 34.9. The normalized spacial score (nSPS) is 20.1. The highest BCUT2D eigenvalue weighted by Gasteiger charge is 2.46. The molecular weight excluding hydrogens is 1320 g/mol. The van der Waals surface area contributed by atoms with Gasteiger partial charge in [0.15, 0.2) is 12.6 Å². The quantitative estimate of drug-likeness (QED) is 0.0150. The number of non-ortho nitro benzene ring substituents is 1. The average Bonchev–Trinajstić information content (AvgIpc) is 1.62. The molecule has 0 aromatic heterocycles. The van der Waals surface area contributed by atoms with Gasteiger partial charge in [0.05, 0.1) is 97.6 Å². The lowest BCUT2D eigenvalue weighted by Crippen LogP contribution is -2.52. The molecule has 10 atom stereocenters. The molecule has 5 N–H and O–H groups in total. The van der Waals surface area contributed by atoms with E-state index >= 15 is 0 Å². The lowest BCUT2D eigenvalue weighted by atomic mass is 9.88. The number of amides is 1. The van der Waals surface area contributed by atoms with Crippen molar-refractivity contribution in [1.29, 1.82) is 10.5 Å². The van der Waals surface area contributed by atoms with E-state index in [2.05, 4.69) is 17.5 Å². The van der Waals surface area contributed by atoms with Crippen LogP contribution in [0.5, 0.6) is 17.2 Å². The molecule has 97 heavy (non-hydrogen) atoms. The lowest BCUT2D eigenvalue weighted by molar-refractivity contribution is -0.384. The maximum absolute atomic E-state index is 13.9. The molecule has 0 saturated carbocycles. The first kappa shape index (κ1) is 78.4. The minimum Gasteiger partial charge on any atom is -0.497 e. The molecule has 29 heteroatoms. The summed E-state index contributed by atoms with van der Waals surface area (Å²) in [5.41, 5.74) is 6.94. The molecule has 4 fully saturated rings. The summed E-state index contributed by atoms with van der Waals surface area (Å²) in [5.74, 6) is 1.23. The van der Waals surface area contributed by atoms with E-state index in [-0.39, 0.29) is 116 Å². The third-order valence-electron chi connectivity index (χ3n) is 16.8. The number of aliphatic hydroxyl groups is 2. The van der Waals surface area contributed by atoms with Crippen molar-refractivity contribution in [2.24, 2.45) is 28.4 Å². The number of nitro groups is 1. The van der Waals surface area contributed by atoms with Crippen molar-refractivity contribution < 1.29 is 84.2 Å². The number of methoxy groups -OCH3 is 2. The van der Waals surface area contributed by atoms with E-state index in [1.54, 1.807) is 24.3 Å². The number of ether oxygens (including phenoxy) is 9. The molecule has 5 aromatic carbocycles. The number of sulfonamides is 2. The SMILES string of the molecule is COc1ccc(S(=O)(=O)N(C[C@@H](O)[C@@H](N)Cc2ccccc2)CC(C)(C)CCC#N)cc1.COc1ccc(S(=O)(=O)N(C[C@@H](O)[C@H](Cc2ccccc2)NC(=O)O[C@@H]2CO[C@@H]3OCC[C@@H]32)CC(C)(C)CCC#N)cc1.Cl.O=C(Oc1ccc([N+](=O)[O-])cc1)O[C@@H]1CO[C@@H]2OCC[C@@H]21. The van der Waals surface area contributed by atoms with Gasteiger partial charge in [-0.1, -0.05) is 88.4 Å². The summed E-state index contributed by atoms with van der Waals surface area (Å²) in [6.45, 7) is 8.98. The van der Waals surface area contributed by atoms with E-state index in [9.17, 15) is 46.8 Å². The third-order valence-corrected chi connectivity index (χ3v) is 20.5. The first-order chi connectivity index (χ1) is 45.7. The van der Waals surface area contributed by atoms with Crippen LogP contribution in [0.15, 0.2) is 143 Å². The van der Waals surface area contributed by atoms with Gasteiger partial charge in [-0.15, -0.1) is 12.4 Å². The van der Waals surface area contributed by atoms with Gasteiger partial charge in [0.25, 0.3) is 5.69 Å². The molecule has 0 radical (unpaired) electrons. The van der Waals surface area contributed by atoms with Gasteiger partial charge >= 0.3 is 12.2 Å². The number of halogens is 1. The van der Waals surface area contributed by atoms with Crippen LogP contribution in [0, 0.1) is 55.4 Å². The number of hydrogen-bond donors (Lipinski definition) is 4. The molecule has 0 unspecified atom stereocenters. The molecule has 1 amide bonds. The van der Waals surface area contributed by atoms with Gasteiger partial charge in [0, 0.05) is 57.2 Å². The largest absolute Gasteiger partial charge is 0.514 e. The molecule has 4 aliphatic rings. The Morgan fingerprint density at radius 3 is 1.51 bits per heavy atom. The highest BCUT2D eigenvalue weighted by atomic mass is 35.5. The third kappa shape index (κ3) is 23.3. The monoisotopic (exact) mass is 1410 g/mol. The van der Waals surface area contributed by atoms with Crippen LogP contribution in [0.3, 0.4) is 0 Å². The zero-order valence-electron chi connectivity index (χ0n) is 55.2. The summed E-state index contributed by atoms with van der Waals surface area (Å²) >= 11 is 0. The minimum absolute atomic E-state index is 0. The second-order valence-electron chi connectivity index (χ2n) is 25.3. The van der Waals surface area contributed by atoms with Gasteiger partial charge in [0.1, 0.15) is 29.5 Å². The summed E-state index contributed by atoms with van der Waals surface area (Å²) < 4.78 is 105. The minimum atomic E-state index is -4.08. The van der Waals surface area contributed by atoms with E-state index in [1.165, 1.54) is 71.4 Å². The van der Waals surface area contributed by atoms with Gasteiger partial charge in [-0.25, -0.2) is 26.4 Å². The van der Waals surface area contributed by atoms with Crippen molar-refractivity contribution in [1.82, 2.24) is 13.9 Å². The van der Waals surface area contributed by atoms with Crippen molar-refractivity contribution in [2.45, 2.75) is 138 Å². The number of carbonyl (C=O) groups is 2. The number of aliphatic hydroxyl groups excluding tert-OH is 2. The highest BCUT2D eigenvalue weighted by Crippen LogP contribution is 2.36. The fourth-order valence-electron chi connectivity index (χ4n) is 11.3. The number of alkyl carbamates (subject to hydrolysis) is 1. The van der Waals surface area contributed by atoms with Crippen LogP contribution in [0.25, 0.3) is 0 Å². The number of carbonyl (C=O) groups excluding carboxylic acids is 2. The van der Waals surface area contributed by atoms with Gasteiger partial charge < -0.3 is 63.9 Å². The second-order valence-corrected chi connectivity index (χ2v) is 29.1. The summed E-state index contributed by atoms with van der Waals surface area (Å²) in [7, 11) is -4.98. The van der Waals surface area contributed by atoms with Gasteiger partial charge in [0.2, 0.25) is 20.0 Å². The first-order valence-corrected chi connectivity index (χ1v) is 34.4. The van der Waals surface area contributed by atoms with Crippen molar-refractivity contribution >= 4 is 50.4 Å². The van der Waals surface area contributed by atoms with Crippen molar-refractivity contribution in [3.8, 4) is 29.4 Å². The Labute approximate surface area is 573 Å². The molecule has 0 bridgehead atoms. The Morgan fingerprint density at radius 2 is 1.07 bits per heavy atom. The van der Waals surface area contributed by atoms with E-state index < -0.39 is 78.4 Å². The Hall–Kier alpha value is -7.55. The van der Waals surface area contributed by atoms with Crippen LogP contribution >= 0.6 is 12.4 Å². The fourth-order valence-corrected chi connectivity index (χ4v) is 14.6. The number of benzene rings is 5. The van der Waals surface area contributed by atoms with Crippen LogP contribution in [-0.4, -0.2) is 169 Å². The van der Waals surface area contributed by atoms with Gasteiger partial charge in [-0.3, -0.25) is 10.1 Å².